The topological polar surface area (TPSA) is 35.2 Å². The van der Waals surface area contributed by atoms with Gasteiger partial charge in [0.05, 0.1) is 11.6 Å². The average Bonchev–Trinajstić information content (AvgIpc) is 2.20. The van der Waals surface area contributed by atoms with Crippen molar-refractivity contribution in [1.82, 2.24) is 0 Å². The number of rotatable bonds is 6. The lowest BCUT2D eigenvalue weighted by Crippen LogP contribution is -2.01. The second-order valence-corrected chi connectivity index (χ2v) is 4.12. The van der Waals surface area contributed by atoms with E-state index in [1.54, 1.807) is 18.2 Å². The van der Waals surface area contributed by atoms with Crippen LogP contribution >= 0.6 is 23.2 Å². The number of halogens is 2. The smallest absolute Gasteiger partial charge is 0.137 e. The summed E-state index contributed by atoms with van der Waals surface area (Å²) in [5.41, 5.74) is 5.39. The number of benzene rings is 1. The van der Waals surface area contributed by atoms with Gasteiger partial charge in [0, 0.05) is 5.02 Å². The van der Waals surface area contributed by atoms with Gasteiger partial charge in [-0.25, -0.2) is 0 Å². The minimum atomic E-state index is 0.557. The lowest BCUT2D eigenvalue weighted by atomic mass is 10.2. The lowest BCUT2D eigenvalue weighted by molar-refractivity contribution is 0.306. The molecule has 0 spiro atoms. The zero-order valence-corrected chi connectivity index (χ0v) is 10.0. The Morgan fingerprint density at radius 1 is 1.13 bits per heavy atom. The van der Waals surface area contributed by atoms with Crippen molar-refractivity contribution in [3.8, 4) is 5.75 Å². The van der Waals surface area contributed by atoms with Gasteiger partial charge in [0.25, 0.3) is 0 Å². The van der Waals surface area contributed by atoms with E-state index >= 15 is 0 Å². The van der Waals surface area contributed by atoms with Crippen molar-refractivity contribution in [1.29, 1.82) is 0 Å². The predicted octanol–water partition coefficient (Wildman–Crippen LogP) is 3.50. The zero-order chi connectivity index (χ0) is 11.1. The standard InChI is InChI=1S/C11H15Cl2NO/c12-9-4-5-11(10(13)8-9)15-7-3-1-2-6-14/h4-5,8H,1-3,6-7,14H2. The van der Waals surface area contributed by atoms with E-state index in [1.807, 2.05) is 0 Å². The van der Waals surface area contributed by atoms with Crippen molar-refractivity contribution >= 4 is 23.2 Å². The van der Waals surface area contributed by atoms with E-state index in [0.717, 1.165) is 25.8 Å². The highest BCUT2D eigenvalue weighted by molar-refractivity contribution is 6.35. The van der Waals surface area contributed by atoms with Gasteiger partial charge in [-0.1, -0.05) is 23.2 Å². The van der Waals surface area contributed by atoms with Crippen LogP contribution in [0.4, 0.5) is 0 Å². The Morgan fingerprint density at radius 3 is 2.60 bits per heavy atom. The van der Waals surface area contributed by atoms with Gasteiger partial charge in [0.15, 0.2) is 0 Å². The van der Waals surface area contributed by atoms with Gasteiger partial charge in [0.1, 0.15) is 5.75 Å². The monoisotopic (exact) mass is 247 g/mol. The molecule has 0 bridgehead atoms. The van der Waals surface area contributed by atoms with Crippen LogP contribution in [0.2, 0.25) is 10.0 Å². The first-order valence-electron chi connectivity index (χ1n) is 5.02. The summed E-state index contributed by atoms with van der Waals surface area (Å²) in [6, 6.07) is 5.23. The molecule has 84 valence electrons. The molecule has 0 aliphatic carbocycles. The van der Waals surface area contributed by atoms with E-state index in [2.05, 4.69) is 0 Å². The Labute approximate surface area is 100 Å². The molecule has 2 nitrogen and oxygen atoms in total. The van der Waals surface area contributed by atoms with Gasteiger partial charge >= 0.3 is 0 Å². The maximum atomic E-state index is 5.94. The minimum absolute atomic E-state index is 0.557. The Hall–Kier alpha value is -0.440. The molecule has 0 amide bonds. The number of ether oxygens (including phenoxy) is 1. The van der Waals surface area contributed by atoms with Crippen LogP contribution in [0.5, 0.6) is 5.75 Å². The fourth-order valence-electron chi connectivity index (χ4n) is 1.20. The molecular weight excluding hydrogens is 233 g/mol. The number of nitrogens with two attached hydrogens (primary N) is 1. The third-order valence-electron chi connectivity index (χ3n) is 2.00. The van der Waals surface area contributed by atoms with E-state index in [4.69, 9.17) is 33.7 Å². The molecule has 0 aliphatic heterocycles. The molecule has 1 aromatic rings. The van der Waals surface area contributed by atoms with Crippen LogP contribution in [-0.4, -0.2) is 13.2 Å². The van der Waals surface area contributed by atoms with Crippen LogP contribution in [0.1, 0.15) is 19.3 Å². The zero-order valence-electron chi connectivity index (χ0n) is 8.51. The van der Waals surface area contributed by atoms with E-state index in [1.165, 1.54) is 0 Å². The average molecular weight is 248 g/mol. The molecule has 0 saturated carbocycles. The number of hydrogen-bond acceptors (Lipinski definition) is 2. The SMILES string of the molecule is NCCCCCOc1ccc(Cl)cc1Cl. The molecule has 2 N–H and O–H groups in total. The van der Waals surface area contributed by atoms with Crippen molar-refractivity contribution in [3.63, 3.8) is 0 Å². The molecule has 0 aliphatic rings. The van der Waals surface area contributed by atoms with Crippen LogP contribution in [0.3, 0.4) is 0 Å². The maximum Gasteiger partial charge on any atom is 0.137 e. The second-order valence-electron chi connectivity index (χ2n) is 3.27. The highest BCUT2D eigenvalue weighted by atomic mass is 35.5. The van der Waals surface area contributed by atoms with Crippen LogP contribution in [-0.2, 0) is 0 Å². The number of hydrogen-bond donors (Lipinski definition) is 1. The van der Waals surface area contributed by atoms with E-state index in [0.29, 0.717) is 22.4 Å². The molecule has 0 unspecified atom stereocenters. The van der Waals surface area contributed by atoms with E-state index in [9.17, 15) is 0 Å². The van der Waals surface area contributed by atoms with Crippen LogP contribution in [0.25, 0.3) is 0 Å². The van der Waals surface area contributed by atoms with E-state index in [-0.39, 0.29) is 0 Å². The molecular formula is C11H15Cl2NO. The summed E-state index contributed by atoms with van der Waals surface area (Å²) in [5, 5.41) is 1.18. The first-order chi connectivity index (χ1) is 7.24. The Morgan fingerprint density at radius 2 is 1.93 bits per heavy atom. The largest absolute Gasteiger partial charge is 0.492 e. The predicted molar refractivity (Wildman–Crippen MR) is 64.9 cm³/mol. The summed E-state index contributed by atoms with van der Waals surface area (Å²) in [5.74, 6) is 0.689. The summed E-state index contributed by atoms with van der Waals surface area (Å²) < 4.78 is 5.51. The Kier molecular flexibility index (Phi) is 5.84. The normalized spacial score (nSPS) is 10.3. The molecule has 0 radical (unpaired) electrons. The van der Waals surface area contributed by atoms with Crippen molar-refractivity contribution in [2.75, 3.05) is 13.2 Å². The Balaban J connectivity index is 2.31. The summed E-state index contributed by atoms with van der Waals surface area (Å²) in [6.45, 7) is 1.41. The lowest BCUT2D eigenvalue weighted by Gasteiger charge is -2.07. The van der Waals surface area contributed by atoms with Crippen LogP contribution in [0, 0.1) is 0 Å². The van der Waals surface area contributed by atoms with Crippen LogP contribution in [0.15, 0.2) is 18.2 Å². The Bertz CT molecular complexity index is 305. The molecule has 1 aromatic carbocycles. The van der Waals surface area contributed by atoms with Gasteiger partial charge < -0.3 is 10.5 Å². The molecule has 0 saturated heterocycles. The van der Waals surface area contributed by atoms with Crippen LogP contribution < -0.4 is 10.5 Å². The van der Waals surface area contributed by atoms with Gasteiger partial charge in [-0.05, 0) is 44.0 Å². The highest BCUT2D eigenvalue weighted by Crippen LogP contribution is 2.27. The first-order valence-corrected chi connectivity index (χ1v) is 5.77. The maximum absolute atomic E-state index is 5.94. The third-order valence-corrected chi connectivity index (χ3v) is 2.53. The van der Waals surface area contributed by atoms with Crippen molar-refractivity contribution in [2.24, 2.45) is 5.73 Å². The van der Waals surface area contributed by atoms with Gasteiger partial charge in [-0.15, -0.1) is 0 Å². The molecule has 0 fully saturated rings. The molecule has 0 atom stereocenters. The molecule has 0 heterocycles. The van der Waals surface area contributed by atoms with Crippen molar-refractivity contribution in [3.05, 3.63) is 28.2 Å². The fourth-order valence-corrected chi connectivity index (χ4v) is 1.66. The molecule has 1 rings (SSSR count). The van der Waals surface area contributed by atoms with Gasteiger partial charge in [-0.2, -0.15) is 0 Å². The minimum Gasteiger partial charge on any atom is -0.492 e. The van der Waals surface area contributed by atoms with Crippen molar-refractivity contribution in [2.45, 2.75) is 19.3 Å². The first kappa shape index (κ1) is 12.6. The number of unbranched alkanes of at least 4 members (excludes halogenated alkanes) is 2. The summed E-state index contributed by atoms with van der Waals surface area (Å²) >= 11 is 11.7. The third kappa shape index (κ3) is 4.74. The quantitative estimate of drug-likeness (QED) is 0.782. The highest BCUT2D eigenvalue weighted by Gasteiger charge is 2.01. The van der Waals surface area contributed by atoms with Gasteiger partial charge in [0.2, 0.25) is 0 Å². The van der Waals surface area contributed by atoms with Crippen molar-refractivity contribution < 1.29 is 4.74 Å². The summed E-state index contributed by atoms with van der Waals surface area (Å²) in [4.78, 5) is 0. The fraction of sp³-hybridized carbons (Fsp3) is 0.455. The summed E-state index contributed by atoms with van der Waals surface area (Å²) in [7, 11) is 0. The second kappa shape index (κ2) is 6.94. The van der Waals surface area contributed by atoms with E-state index < -0.39 is 0 Å². The molecule has 4 heteroatoms. The van der Waals surface area contributed by atoms with Gasteiger partial charge in [-0.3, -0.25) is 0 Å². The summed E-state index contributed by atoms with van der Waals surface area (Å²) in [6.07, 6.45) is 3.12. The molecule has 15 heavy (non-hydrogen) atoms. The molecule has 0 aromatic heterocycles.